The molecule has 2 N–H and O–H groups in total. The van der Waals surface area contributed by atoms with E-state index in [0.29, 0.717) is 12.5 Å². The summed E-state index contributed by atoms with van der Waals surface area (Å²) >= 11 is 0. The molecule has 7 heteroatoms. The van der Waals surface area contributed by atoms with Crippen LogP contribution in [0.25, 0.3) is 0 Å². The third kappa shape index (κ3) is 7.42. The number of benzene rings is 1. The fourth-order valence-corrected chi connectivity index (χ4v) is 5.12. The molecule has 0 spiro atoms. The number of aliphatic carboxylic acids is 1. The predicted octanol–water partition coefficient (Wildman–Crippen LogP) is 4.37. The van der Waals surface area contributed by atoms with E-state index in [-0.39, 0.29) is 18.4 Å². The highest BCUT2D eigenvalue weighted by atomic mass is 16.5. The Labute approximate surface area is 208 Å². The van der Waals surface area contributed by atoms with E-state index < -0.39 is 5.97 Å². The number of pyridine rings is 1. The number of likely N-dealkylation sites (tertiary alicyclic amines) is 1. The topological polar surface area (TPSA) is 83.9 Å². The lowest BCUT2D eigenvalue weighted by atomic mass is 9.94. The number of carbonyl (C=O) groups is 1. The van der Waals surface area contributed by atoms with Crippen molar-refractivity contribution in [3.05, 3.63) is 53.2 Å². The highest BCUT2D eigenvalue weighted by molar-refractivity contribution is 5.68. The van der Waals surface area contributed by atoms with Crippen molar-refractivity contribution in [1.29, 1.82) is 0 Å². The predicted molar refractivity (Wildman–Crippen MR) is 137 cm³/mol. The van der Waals surface area contributed by atoms with Gasteiger partial charge in [0.15, 0.2) is 0 Å². The second kappa shape index (κ2) is 12.4. The van der Waals surface area contributed by atoms with Crippen molar-refractivity contribution in [3.63, 3.8) is 0 Å². The van der Waals surface area contributed by atoms with Gasteiger partial charge in [-0.1, -0.05) is 18.2 Å². The first-order chi connectivity index (χ1) is 17.0. The molecule has 0 amide bonds. The Hall–Kier alpha value is -2.64. The number of aromatic nitrogens is 1. The number of methoxy groups -OCH3 is 1. The molecule has 7 nitrogen and oxygen atoms in total. The Balaban J connectivity index is 1.31. The maximum absolute atomic E-state index is 11.6. The normalized spacial score (nSPS) is 19.5. The molecule has 4 rings (SSSR count). The third-order valence-corrected chi connectivity index (χ3v) is 7.25. The van der Waals surface area contributed by atoms with Crippen LogP contribution in [-0.4, -0.2) is 67.0 Å². The van der Waals surface area contributed by atoms with E-state index in [2.05, 4.69) is 22.3 Å². The zero-order valence-electron chi connectivity index (χ0n) is 21.0. The van der Waals surface area contributed by atoms with Crippen molar-refractivity contribution < 1.29 is 19.4 Å². The highest BCUT2D eigenvalue weighted by Gasteiger charge is 2.27. The molecule has 1 aromatic heterocycles. The first kappa shape index (κ1) is 25.5. The van der Waals surface area contributed by atoms with E-state index >= 15 is 0 Å². The van der Waals surface area contributed by atoms with Gasteiger partial charge in [-0.15, -0.1) is 0 Å². The molecule has 3 heterocycles. The molecule has 0 saturated carbocycles. The molecule has 1 fully saturated rings. The summed E-state index contributed by atoms with van der Waals surface area (Å²) in [5.74, 6) is 1.62. The van der Waals surface area contributed by atoms with Crippen LogP contribution in [0.4, 0.5) is 5.82 Å². The Morgan fingerprint density at radius 1 is 1.31 bits per heavy atom. The third-order valence-electron chi connectivity index (χ3n) is 7.25. The summed E-state index contributed by atoms with van der Waals surface area (Å²) in [6.07, 6.45) is 5.68. The molecule has 0 radical (unpaired) electrons. The Bertz CT molecular complexity index is 982. The average Bonchev–Trinajstić information content (AvgIpc) is 3.32. The average molecular weight is 482 g/mol. The Morgan fingerprint density at radius 2 is 2.20 bits per heavy atom. The molecule has 1 unspecified atom stereocenters. The smallest absolute Gasteiger partial charge is 0.304 e. The summed E-state index contributed by atoms with van der Waals surface area (Å²) in [6.45, 7) is 6.22. The van der Waals surface area contributed by atoms with Crippen LogP contribution in [-0.2, 0) is 22.4 Å². The summed E-state index contributed by atoms with van der Waals surface area (Å²) in [5.41, 5.74) is 3.52. The van der Waals surface area contributed by atoms with Gasteiger partial charge in [-0.2, -0.15) is 0 Å². The largest absolute Gasteiger partial charge is 0.491 e. The number of ether oxygens (including phenoxy) is 2. The van der Waals surface area contributed by atoms with Crippen molar-refractivity contribution in [2.45, 2.75) is 57.5 Å². The van der Waals surface area contributed by atoms with Crippen molar-refractivity contribution in [2.75, 3.05) is 45.2 Å². The number of nitrogens with zero attached hydrogens (tertiary/aromatic N) is 2. The van der Waals surface area contributed by atoms with Gasteiger partial charge >= 0.3 is 5.97 Å². The van der Waals surface area contributed by atoms with Gasteiger partial charge in [0.05, 0.1) is 12.5 Å². The van der Waals surface area contributed by atoms with E-state index in [1.54, 1.807) is 7.11 Å². The minimum Gasteiger partial charge on any atom is -0.491 e. The number of anilines is 1. The molecule has 1 aromatic carbocycles. The zero-order valence-corrected chi connectivity index (χ0v) is 21.0. The van der Waals surface area contributed by atoms with Gasteiger partial charge in [0.2, 0.25) is 0 Å². The van der Waals surface area contributed by atoms with Crippen molar-refractivity contribution >= 4 is 11.8 Å². The van der Waals surface area contributed by atoms with Crippen molar-refractivity contribution in [1.82, 2.24) is 9.88 Å². The fourth-order valence-electron chi connectivity index (χ4n) is 5.12. The maximum Gasteiger partial charge on any atom is 0.304 e. The molecule has 2 aliphatic heterocycles. The number of hydrogen-bond donors (Lipinski definition) is 2. The number of fused-ring (bicyclic) bond motifs is 1. The van der Waals surface area contributed by atoms with Crippen LogP contribution in [0.3, 0.4) is 0 Å². The van der Waals surface area contributed by atoms with Crippen LogP contribution < -0.4 is 10.1 Å². The molecule has 35 heavy (non-hydrogen) atoms. The van der Waals surface area contributed by atoms with Crippen LogP contribution in [0.2, 0.25) is 0 Å². The van der Waals surface area contributed by atoms with Gasteiger partial charge in [-0.3, -0.25) is 4.79 Å². The maximum atomic E-state index is 11.6. The monoisotopic (exact) mass is 481 g/mol. The SMILES string of the molecule is CO[C@@H](C)COc1cccc(C(CC(=O)O)CN2CC[C@@H](CCc3ccc4c(n3)NCCC4)C2)c1. The number of carboxylic acids is 1. The van der Waals surface area contributed by atoms with Gasteiger partial charge in [0.1, 0.15) is 18.2 Å². The van der Waals surface area contributed by atoms with Gasteiger partial charge in [-0.05, 0) is 80.8 Å². The second-order valence-electron chi connectivity index (χ2n) is 10.0. The fraction of sp³-hybridized carbons (Fsp3) is 0.571. The molecule has 2 aromatic rings. The standard InChI is InChI=1S/C28H39N3O4/c1-20(34-2)19-35-26-7-3-5-23(15-26)24(16-27(32)33)18-31-14-12-21(17-31)8-10-25-11-9-22-6-4-13-29-28(22)30-25/h3,5,7,9,11,15,20-21,24H,4,6,8,10,12-14,16-19H2,1-2H3,(H,29,30)(H,32,33)/t20-,21+,24?/m0/s1. The molecule has 0 aliphatic carbocycles. The van der Waals surface area contributed by atoms with Crippen LogP contribution in [0, 0.1) is 5.92 Å². The van der Waals surface area contributed by atoms with Crippen LogP contribution in [0.1, 0.15) is 55.3 Å². The molecule has 2 aliphatic rings. The van der Waals surface area contributed by atoms with Gasteiger partial charge in [0, 0.05) is 38.4 Å². The first-order valence-corrected chi connectivity index (χ1v) is 12.9. The van der Waals surface area contributed by atoms with Gasteiger partial charge in [-0.25, -0.2) is 4.98 Å². The van der Waals surface area contributed by atoms with Crippen LogP contribution in [0.5, 0.6) is 5.75 Å². The Morgan fingerprint density at radius 3 is 3.03 bits per heavy atom. The van der Waals surface area contributed by atoms with E-state index in [4.69, 9.17) is 14.5 Å². The van der Waals surface area contributed by atoms with Gasteiger partial charge < -0.3 is 24.8 Å². The lowest BCUT2D eigenvalue weighted by Crippen LogP contribution is -2.28. The number of rotatable bonds is 12. The van der Waals surface area contributed by atoms with Crippen LogP contribution >= 0.6 is 0 Å². The molecule has 190 valence electrons. The van der Waals surface area contributed by atoms with E-state index in [9.17, 15) is 9.90 Å². The summed E-state index contributed by atoms with van der Waals surface area (Å²) in [6, 6.07) is 12.3. The highest BCUT2D eigenvalue weighted by Crippen LogP contribution is 2.29. The first-order valence-electron chi connectivity index (χ1n) is 12.9. The molecule has 1 saturated heterocycles. The summed E-state index contributed by atoms with van der Waals surface area (Å²) in [7, 11) is 1.66. The van der Waals surface area contributed by atoms with E-state index in [1.165, 1.54) is 17.7 Å². The quantitative estimate of drug-likeness (QED) is 0.466. The number of carboxylic acid groups (broad SMARTS) is 1. The number of nitrogens with one attached hydrogen (secondary N) is 1. The van der Waals surface area contributed by atoms with Crippen molar-refractivity contribution in [3.8, 4) is 5.75 Å². The Kier molecular flexibility index (Phi) is 8.99. The van der Waals surface area contributed by atoms with E-state index in [0.717, 1.165) is 69.0 Å². The van der Waals surface area contributed by atoms with Gasteiger partial charge in [0.25, 0.3) is 0 Å². The van der Waals surface area contributed by atoms with Crippen molar-refractivity contribution in [2.24, 2.45) is 5.92 Å². The molecule has 0 bridgehead atoms. The zero-order chi connectivity index (χ0) is 24.6. The number of aryl methyl sites for hydroxylation is 2. The minimum absolute atomic E-state index is 0.00257. The molecular weight excluding hydrogens is 442 g/mol. The lowest BCUT2D eigenvalue weighted by Gasteiger charge is -2.24. The van der Waals surface area contributed by atoms with Crippen LogP contribution in [0.15, 0.2) is 36.4 Å². The second-order valence-corrected chi connectivity index (χ2v) is 10.0. The number of hydrogen-bond acceptors (Lipinski definition) is 6. The summed E-state index contributed by atoms with van der Waals surface area (Å²) in [5, 5.41) is 13.0. The summed E-state index contributed by atoms with van der Waals surface area (Å²) in [4.78, 5) is 18.9. The van der Waals surface area contributed by atoms with E-state index in [1.807, 2.05) is 31.2 Å². The lowest BCUT2D eigenvalue weighted by molar-refractivity contribution is -0.137. The molecule has 3 atom stereocenters. The summed E-state index contributed by atoms with van der Waals surface area (Å²) < 4.78 is 11.1. The minimum atomic E-state index is -0.767. The molecular formula is C28H39N3O4.